The van der Waals surface area contributed by atoms with Crippen molar-refractivity contribution in [3.05, 3.63) is 59.0 Å². The summed E-state index contributed by atoms with van der Waals surface area (Å²) < 4.78 is 10.8. The van der Waals surface area contributed by atoms with Crippen LogP contribution in [0, 0.1) is 0 Å². The smallest absolute Gasteiger partial charge is 0.266 e. The first kappa shape index (κ1) is 22.8. The summed E-state index contributed by atoms with van der Waals surface area (Å²) in [5.41, 5.74) is 1.39. The minimum atomic E-state index is -0.338. The van der Waals surface area contributed by atoms with E-state index in [1.165, 1.54) is 16.9 Å². The Labute approximate surface area is 190 Å². The molecule has 9 heteroatoms. The average Bonchev–Trinajstić information content (AvgIpc) is 3.05. The van der Waals surface area contributed by atoms with E-state index in [0.29, 0.717) is 26.4 Å². The number of thiocarbonyl (C=S) groups is 1. The number of rotatable bonds is 8. The van der Waals surface area contributed by atoms with Gasteiger partial charge in [-0.1, -0.05) is 48.2 Å². The summed E-state index contributed by atoms with van der Waals surface area (Å²) in [5.74, 6) is 0.464. The van der Waals surface area contributed by atoms with Crippen molar-refractivity contribution in [2.24, 2.45) is 0 Å². The lowest BCUT2D eigenvalue weighted by atomic mass is 10.2. The molecular weight excluding hydrogens is 436 g/mol. The number of ether oxygens (including phenoxy) is 2. The number of thioether (sulfide) groups is 1. The highest BCUT2D eigenvalue weighted by atomic mass is 32.2. The summed E-state index contributed by atoms with van der Waals surface area (Å²) in [7, 11) is 3.09. The van der Waals surface area contributed by atoms with Crippen LogP contribution in [0.2, 0.25) is 0 Å². The summed E-state index contributed by atoms with van der Waals surface area (Å²) in [6, 6.07) is 14.3. The monoisotopic (exact) mass is 458 g/mol. The number of aliphatic hydroxyl groups is 1. The Morgan fingerprint density at radius 1 is 1.16 bits per heavy atom. The number of para-hydroxylation sites is 1. The lowest BCUT2D eigenvalue weighted by Gasteiger charge is -2.24. The molecule has 0 spiro atoms. The quantitative estimate of drug-likeness (QED) is 0.481. The van der Waals surface area contributed by atoms with Crippen molar-refractivity contribution in [2.75, 3.05) is 38.8 Å². The second-order valence-corrected chi connectivity index (χ2v) is 8.16. The molecule has 1 aliphatic rings. The molecule has 0 radical (unpaired) electrons. The second-order valence-electron chi connectivity index (χ2n) is 6.49. The van der Waals surface area contributed by atoms with E-state index >= 15 is 0 Å². The standard InChI is InChI=1S/C22H22N2O5S2/c1-28-17-9-8-15(12-18(17)29-2)13-19-21(27)24(22(30)31-19)14-20(26)23(10-11-25)16-6-4-3-5-7-16/h3-9,12-13,25H,10-11,14H2,1-2H3. The molecule has 0 bridgehead atoms. The molecule has 0 unspecified atom stereocenters. The fraction of sp³-hybridized carbons (Fsp3) is 0.227. The Balaban J connectivity index is 1.78. The van der Waals surface area contributed by atoms with Crippen molar-refractivity contribution < 1.29 is 24.2 Å². The third kappa shape index (κ3) is 5.25. The molecule has 0 atom stereocenters. The molecular formula is C22H22N2O5S2. The van der Waals surface area contributed by atoms with Crippen LogP contribution in [0.4, 0.5) is 5.69 Å². The first-order valence-electron chi connectivity index (χ1n) is 9.42. The minimum Gasteiger partial charge on any atom is -0.493 e. The van der Waals surface area contributed by atoms with Gasteiger partial charge >= 0.3 is 0 Å². The number of methoxy groups -OCH3 is 2. The van der Waals surface area contributed by atoms with Gasteiger partial charge in [-0.05, 0) is 35.9 Å². The van der Waals surface area contributed by atoms with Crippen LogP contribution >= 0.6 is 24.0 Å². The van der Waals surface area contributed by atoms with E-state index < -0.39 is 0 Å². The Kier molecular flexibility index (Phi) is 7.67. The van der Waals surface area contributed by atoms with Crippen LogP contribution in [0.5, 0.6) is 11.5 Å². The van der Waals surface area contributed by atoms with Gasteiger partial charge in [0.15, 0.2) is 11.5 Å². The molecule has 162 valence electrons. The van der Waals surface area contributed by atoms with Crippen LogP contribution in [-0.2, 0) is 9.59 Å². The topological polar surface area (TPSA) is 79.3 Å². The Morgan fingerprint density at radius 2 is 1.87 bits per heavy atom. The van der Waals surface area contributed by atoms with Crippen LogP contribution in [0.1, 0.15) is 5.56 Å². The van der Waals surface area contributed by atoms with E-state index in [-0.39, 0.29) is 31.5 Å². The highest BCUT2D eigenvalue weighted by Crippen LogP contribution is 2.34. The molecule has 0 aromatic heterocycles. The third-order valence-corrected chi connectivity index (χ3v) is 5.94. The van der Waals surface area contributed by atoms with Crippen molar-refractivity contribution in [2.45, 2.75) is 0 Å². The van der Waals surface area contributed by atoms with Crippen molar-refractivity contribution in [3.63, 3.8) is 0 Å². The average molecular weight is 459 g/mol. The number of carbonyl (C=O) groups excluding carboxylic acids is 2. The molecule has 1 N–H and O–H groups in total. The number of hydrogen-bond donors (Lipinski definition) is 1. The summed E-state index contributed by atoms with van der Waals surface area (Å²) in [5, 5.41) is 9.37. The van der Waals surface area contributed by atoms with E-state index in [0.717, 1.165) is 17.3 Å². The Hall–Kier alpha value is -2.88. The molecule has 0 aliphatic carbocycles. The van der Waals surface area contributed by atoms with Crippen LogP contribution in [-0.4, -0.2) is 60.1 Å². The zero-order chi connectivity index (χ0) is 22.4. The lowest BCUT2D eigenvalue weighted by molar-refractivity contribution is -0.127. The van der Waals surface area contributed by atoms with Gasteiger partial charge in [0.25, 0.3) is 5.91 Å². The van der Waals surface area contributed by atoms with E-state index in [4.69, 9.17) is 21.7 Å². The third-order valence-electron chi connectivity index (χ3n) is 4.56. The second kappa shape index (κ2) is 10.4. The van der Waals surface area contributed by atoms with Gasteiger partial charge in [0.05, 0.1) is 25.7 Å². The number of amides is 2. The van der Waals surface area contributed by atoms with Gasteiger partial charge in [-0.2, -0.15) is 0 Å². The lowest BCUT2D eigenvalue weighted by Crippen LogP contribution is -2.43. The van der Waals surface area contributed by atoms with Gasteiger partial charge in [0.1, 0.15) is 10.9 Å². The molecule has 0 saturated carbocycles. The fourth-order valence-electron chi connectivity index (χ4n) is 3.06. The van der Waals surface area contributed by atoms with Gasteiger partial charge in [-0.25, -0.2) is 0 Å². The van der Waals surface area contributed by atoms with Crippen LogP contribution in [0.15, 0.2) is 53.4 Å². The molecule has 2 aromatic carbocycles. The molecule has 7 nitrogen and oxygen atoms in total. The van der Waals surface area contributed by atoms with Crippen molar-refractivity contribution in [3.8, 4) is 11.5 Å². The van der Waals surface area contributed by atoms with Crippen molar-refractivity contribution >= 4 is 51.9 Å². The predicted molar refractivity (Wildman–Crippen MR) is 125 cm³/mol. The van der Waals surface area contributed by atoms with E-state index in [1.807, 2.05) is 6.07 Å². The highest BCUT2D eigenvalue weighted by Gasteiger charge is 2.34. The summed E-state index contributed by atoms with van der Waals surface area (Å²) in [6.07, 6.45) is 1.70. The number of anilines is 1. The molecule has 3 rings (SSSR count). The summed E-state index contributed by atoms with van der Waals surface area (Å²) in [4.78, 5) is 29.0. The number of carbonyl (C=O) groups is 2. The van der Waals surface area contributed by atoms with Crippen LogP contribution < -0.4 is 14.4 Å². The zero-order valence-electron chi connectivity index (χ0n) is 17.1. The van der Waals surface area contributed by atoms with Gasteiger partial charge in [0.2, 0.25) is 5.91 Å². The van der Waals surface area contributed by atoms with Gasteiger partial charge in [-0.15, -0.1) is 0 Å². The first-order chi connectivity index (χ1) is 15.0. The van der Waals surface area contributed by atoms with E-state index in [2.05, 4.69) is 0 Å². The number of hydrogen-bond acceptors (Lipinski definition) is 7. The maximum absolute atomic E-state index is 12.9. The number of benzene rings is 2. The van der Waals surface area contributed by atoms with Gasteiger partial charge in [0, 0.05) is 12.2 Å². The molecule has 1 aliphatic heterocycles. The van der Waals surface area contributed by atoms with Crippen molar-refractivity contribution in [1.82, 2.24) is 4.90 Å². The SMILES string of the molecule is COc1ccc(C=C2SC(=S)N(CC(=O)N(CCO)c3ccccc3)C2=O)cc1OC. The summed E-state index contributed by atoms with van der Waals surface area (Å²) >= 11 is 6.49. The predicted octanol–water partition coefficient (Wildman–Crippen LogP) is 2.93. The maximum atomic E-state index is 12.9. The van der Waals surface area contributed by atoms with E-state index in [1.54, 1.807) is 55.7 Å². The molecule has 1 saturated heterocycles. The highest BCUT2D eigenvalue weighted by molar-refractivity contribution is 8.26. The van der Waals surface area contributed by atoms with Gasteiger partial charge < -0.3 is 19.5 Å². The Bertz CT molecular complexity index is 1010. The Morgan fingerprint density at radius 3 is 2.52 bits per heavy atom. The normalized spacial score (nSPS) is 14.8. The van der Waals surface area contributed by atoms with Gasteiger partial charge in [-0.3, -0.25) is 14.5 Å². The molecule has 2 aromatic rings. The van der Waals surface area contributed by atoms with E-state index in [9.17, 15) is 14.7 Å². The molecule has 31 heavy (non-hydrogen) atoms. The molecule has 1 heterocycles. The maximum Gasteiger partial charge on any atom is 0.266 e. The first-order valence-corrected chi connectivity index (χ1v) is 10.6. The fourth-order valence-corrected chi connectivity index (χ4v) is 4.31. The number of nitrogens with zero attached hydrogens (tertiary/aromatic N) is 2. The van der Waals surface area contributed by atoms with Crippen LogP contribution in [0.3, 0.4) is 0 Å². The molecule has 2 amide bonds. The summed E-state index contributed by atoms with van der Waals surface area (Å²) in [6.45, 7) is -0.278. The van der Waals surface area contributed by atoms with Crippen LogP contribution in [0.25, 0.3) is 6.08 Å². The number of aliphatic hydroxyl groups excluding tert-OH is 1. The minimum absolute atomic E-state index is 0.124. The zero-order valence-corrected chi connectivity index (χ0v) is 18.7. The largest absolute Gasteiger partial charge is 0.493 e. The molecule has 1 fully saturated rings. The van der Waals surface area contributed by atoms with Crippen molar-refractivity contribution in [1.29, 1.82) is 0 Å².